The third-order valence-electron chi connectivity index (χ3n) is 5.79. The predicted molar refractivity (Wildman–Crippen MR) is 96.0 cm³/mol. The van der Waals surface area contributed by atoms with Crippen LogP contribution in [0.5, 0.6) is 0 Å². The quantitative estimate of drug-likeness (QED) is 0.907. The van der Waals surface area contributed by atoms with Gasteiger partial charge in [0.1, 0.15) is 0 Å². The van der Waals surface area contributed by atoms with Crippen molar-refractivity contribution in [3.05, 3.63) is 58.3 Å². The van der Waals surface area contributed by atoms with Crippen LogP contribution >= 0.6 is 11.3 Å². The average Bonchev–Trinajstić information content (AvgIpc) is 3.31. The van der Waals surface area contributed by atoms with Crippen molar-refractivity contribution in [2.75, 3.05) is 6.61 Å². The number of aliphatic hydroxyl groups is 1. The van der Waals surface area contributed by atoms with Crippen LogP contribution in [0.3, 0.4) is 0 Å². The molecule has 4 rings (SSSR count). The maximum Gasteiger partial charge on any atom is 0.227 e. The Morgan fingerprint density at radius 1 is 1.21 bits per heavy atom. The number of rotatable bonds is 5. The van der Waals surface area contributed by atoms with E-state index in [9.17, 15) is 9.90 Å². The summed E-state index contributed by atoms with van der Waals surface area (Å²) in [5.41, 5.74) is 2.19. The Kier molecular flexibility index (Phi) is 4.19. The number of amides is 1. The first-order valence-electron chi connectivity index (χ1n) is 8.69. The van der Waals surface area contributed by atoms with Crippen molar-refractivity contribution in [3.63, 3.8) is 0 Å². The molecule has 2 fully saturated rings. The number of aliphatic hydroxyl groups excluding tert-OH is 1. The number of carbonyl (C=O) groups excluding carboxylic acids is 1. The Morgan fingerprint density at radius 2 is 2.04 bits per heavy atom. The lowest BCUT2D eigenvalue weighted by molar-refractivity contribution is -0.132. The minimum absolute atomic E-state index is 0.158. The van der Waals surface area contributed by atoms with Gasteiger partial charge in [0.05, 0.1) is 13.0 Å². The van der Waals surface area contributed by atoms with Gasteiger partial charge < -0.3 is 10.0 Å². The first-order valence-corrected chi connectivity index (χ1v) is 9.63. The predicted octanol–water partition coefficient (Wildman–Crippen LogP) is 3.28. The van der Waals surface area contributed by atoms with Crippen LogP contribution in [0.4, 0.5) is 0 Å². The largest absolute Gasteiger partial charge is 0.396 e. The van der Waals surface area contributed by atoms with Crippen molar-refractivity contribution in [1.82, 2.24) is 4.90 Å². The smallest absolute Gasteiger partial charge is 0.227 e. The van der Waals surface area contributed by atoms with Crippen molar-refractivity contribution in [2.45, 2.75) is 44.2 Å². The Morgan fingerprint density at radius 3 is 2.75 bits per heavy atom. The van der Waals surface area contributed by atoms with Crippen LogP contribution in [0.25, 0.3) is 0 Å². The molecule has 0 radical (unpaired) electrons. The van der Waals surface area contributed by atoms with Gasteiger partial charge in [0.25, 0.3) is 0 Å². The minimum atomic E-state index is -0.172. The SMILES string of the molecule is O=C(Cc1ccsc1)N1[C@H]2CC[C@@H]1[C@@](CO)(Cc1ccccc1)C2. The molecule has 3 heterocycles. The lowest BCUT2D eigenvalue weighted by Crippen LogP contribution is -2.44. The topological polar surface area (TPSA) is 40.5 Å². The summed E-state index contributed by atoms with van der Waals surface area (Å²) in [6.45, 7) is 0.158. The van der Waals surface area contributed by atoms with E-state index in [1.807, 2.05) is 29.6 Å². The van der Waals surface area contributed by atoms with Crippen molar-refractivity contribution < 1.29 is 9.90 Å². The van der Waals surface area contributed by atoms with Crippen LogP contribution in [-0.2, 0) is 17.6 Å². The van der Waals surface area contributed by atoms with E-state index in [0.29, 0.717) is 12.5 Å². The molecule has 2 aromatic rings. The normalized spacial score (nSPS) is 28.5. The van der Waals surface area contributed by atoms with E-state index < -0.39 is 0 Å². The van der Waals surface area contributed by atoms with Gasteiger partial charge in [-0.2, -0.15) is 11.3 Å². The fourth-order valence-electron chi connectivity index (χ4n) is 4.74. The summed E-state index contributed by atoms with van der Waals surface area (Å²) < 4.78 is 0. The minimum Gasteiger partial charge on any atom is -0.396 e. The molecule has 0 saturated carbocycles. The second-order valence-electron chi connectivity index (χ2n) is 7.24. The van der Waals surface area contributed by atoms with Gasteiger partial charge in [-0.1, -0.05) is 30.3 Å². The monoisotopic (exact) mass is 341 g/mol. The van der Waals surface area contributed by atoms with E-state index in [2.05, 4.69) is 22.4 Å². The summed E-state index contributed by atoms with van der Waals surface area (Å²) in [5, 5.41) is 14.3. The molecule has 1 aromatic carbocycles. The first kappa shape index (κ1) is 15.9. The average molecular weight is 341 g/mol. The van der Waals surface area contributed by atoms with Gasteiger partial charge in [0.2, 0.25) is 5.91 Å². The molecule has 3 atom stereocenters. The van der Waals surface area contributed by atoms with Crippen LogP contribution in [-0.4, -0.2) is 34.6 Å². The Bertz CT molecular complexity index is 700. The van der Waals surface area contributed by atoms with Gasteiger partial charge in [-0.3, -0.25) is 4.79 Å². The van der Waals surface area contributed by atoms with E-state index in [-0.39, 0.29) is 24.0 Å². The summed E-state index contributed by atoms with van der Waals surface area (Å²) in [6.07, 6.45) is 4.37. The van der Waals surface area contributed by atoms with E-state index in [1.54, 1.807) is 11.3 Å². The molecule has 1 aromatic heterocycles. The molecule has 2 aliphatic heterocycles. The molecular weight excluding hydrogens is 318 g/mol. The maximum atomic E-state index is 12.9. The Hall–Kier alpha value is -1.65. The van der Waals surface area contributed by atoms with Crippen molar-refractivity contribution in [2.24, 2.45) is 5.41 Å². The number of hydrogen-bond acceptors (Lipinski definition) is 3. The van der Waals surface area contributed by atoms with E-state index in [4.69, 9.17) is 0 Å². The molecule has 0 unspecified atom stereocenters. The molecule has 2 aliphatic rings. The third kappa shape index (κ3) is 2.68. The molecule has 1 amide bonds. The summed E-state index contributed by atoms with van der Waals surface area (Å²) in [4.78, 5) is 15.0. The Balaban J connectivity index is 1.55. The van der Waals surface area contributed by atoms with Gasteiger partial charge >= 0.3 is 0 Å². The molecular formula is C20H23NO2S. The molecule has 0 spiro atoms. The molecule has 3 nitrogen and oxygen atoms in total. The van der Waals surface area contributed by atoms with Crippen LogP contribution in [0.1, 0.15) is 30.4 Å². The van der Waals surface area contributed by atoms with E-state index in [0.717, 1.165) is 31.2 Å². The van der Waals surface area contributed by atoms with Crippen LogP contribution < -0.4 is 0 Å². The summed E-state index contributed by atoms with van der Waals surface area (Å²) in [7, 11) is 0. The van der Waals surface area contributed by atoms with Gasteiger partial charge in [-0.05, 0) is 53.6 Å². The standard InChI is InChI=1S/C20H23NO2S/c22-14-20(11-15-4-2-1-3-5-15)12-17-6-7-18(20)21(17)19(23)10-16-8-9-24-13-16/h1-5,8-9,13,17-18,22H,6-7,10-12,14H2/t17-,18+,20-/m0/s1. The third-order valence-corrected chi connectivity index (χ3v) is 6.52. The highest BCUT2D eigenvalue weighted by molar-refractivity contribution is 7.08. The second-order valence-corrected chi connectivity index (χ2v) is 8.02. The van der Waals surface area contributed by atoms with Crippen molar-refractivity contribution in [3.8, 4) is 0 Å². The highest BCUT2D eigenvalue weighted by atomic mass is 32.1. The van der Waals surface area contributed by atoms with E-state index in [1.165, 1.54) is 5.56 Å². The highest BCUT2D eigenvalue weighted by Crippen LogP contribution is 2.51. The highest BCUT2D eigenvalue weighted by Gasteiger charge is 2.56. The fraction of sp³-hybridized carbons (Fsp3) is 0.450. The van der Waals surface area contributed by atoms with Gasteiger partial charge in [0, 0.05) is 17.5 Å². The molecule has 2 saturated heterocycles. The summed E-state index contributed by atoms with van der Waals surface area (Å²) in [5.74, 6) is 0.226. The van der Waals surface area contributed by atoms with Crippen molar-refractivity contribution >= 4 is 17.2 Å². The fourth-order valence-corrected chi connectivity index (χ4v) is 5.41. The number of hydrogen-bond donors (Lipinski definition) is 1. The molecule has 0 aliphatic carbocycles. The first-order chi connectivity index (χ1) is 11.7. The lowest BCUT2D eigenvalue weighted by Gasteiger charge is -2.36. The second kappa shape index (κ2) is 6.34. The molecule has 2 bridgehead atoms. The van der Waals surface area contributed by atoms with Gasteiger partial charge in [0.15, 0.2) is 0 Å². The zero-order valence-corrected chi connectivity index (χ0v) is 14.5. The number of benzene rings is 1. The number of carbonyl (C=O) groups is 1. The number of thiophene rings is 1. The lowest BCUT2D eigenvalue weighted by atomic mass is 9.70. The van der Waals surface area contributed by atoms with Crippen LogP contribution in [0.2, 0.25) is 0 Å². The number of nitrogens with zero attached hydrogens (tertiary/aromatic N) is 1. The molecule has 126 valence electrons. The summed E-state index contributed by atoms with van der Waals surface area (Å²) in [6, 6.07) is 12.9. The van der Waals surface area contributed by atoms with Crippen molar-refractivity contribution in [1.29, 1.82) is 0 Å². The molecule has 1 N–H and O–H groups in total. The van der Waals surface area contributed by atoms with E-state index >= 15 is 0 Å². The van der Waals surface area contributed by atoms with Gasteiger partial charge in [-0.25, -0.2) is 0 Å². The maximum absolute atomic E-state index is 12.9. The van der Waals surface area contributed by atoms with Crippen LogP contribution in [0.15, 0.2) is 47.2 Å². The summed E-state index contributed by atoms with van der Waals surface area (Å²) >= 11 is 1.64. The number of fused-ring (bicyclic) bond motifs is 2. The zero-order valence-electron chi connectivity index (χ0n) is 13.7. The van der Waals surface area contributed by atoms with Crippen LogP contribution in [0, 0.1) is 5.41 Å². The zero-order chi connectivity index (χ0) is 16.6. The molecule has 4 heteroatoms. The van der Waals surface area contributed by atoms with Gasteiger partial charge in [-0.15, -0.1) is 0 Å². The molecule has 24 heavy (non-hydrogen) atoms. The Labute approximate surface area is 146 Å².